The van der Waals surface area contributed by atoms with Gasteiger partial charge in [-0.05, 0) is 24.6 Å². The van der Waals surface area contributed by atoms with Crippen LogP contribution in [0.2, 0.25) is 0 Å². The van der Waals surface area contributed by atoms with Gasteiger partial charge >= 0.3 is 0 Å². The first-order chi connectivity index (χ1) is 7.58. The normalized spacial score (nSPS) is 15.4. The molecule has 0 saturated carbocycles. The van der Waals surface area contributed by atoms with E-state index < -0.39 is 6.10 Å². The number of aliphatic hydroxyl groups is 2. The van der Waals surface area contributed by atoms with Gasteiger partial charge in [-0.15, -0.1) is 0 Å². The quantitative estimate of drug-likeness (QED) is 0.671. The summed E-state index contributed by atoms with van der Waals surface area (Å²) in [6.45, 7) is 4.57. The zero-order valence-electron chi connectivity index (χ0n) is 10.2. The summed E-state index contributed by atoms with van der Waals surface area (Å²) in [6.07, 6.45) is 3.26. The Morgan fingerprint density at radius 2 is 2.12 bits per heavy atom. The molecule has 3 N–H and O–H groups in total. The molecule has 1 heterocycles. The zero-order chi connectivity index (χ0) is 12.1. The molecule has 0 aliphatic heterocycles. The van der Waals surface area contributed by atoms with Crippen molar-refractivity contribution in [2.75, 3.05) is 13.7 Å². The summed E-state index contributed by atoms with van der Waals surface area (Å²) in [4.78, 5) is 0. The summed E-state index contributed by atoms with van der Waals surface area (Å²) in [7, 11) is 1.95. The Labute approximate surface area is 96.9 Å². The molecule has 16 heavy (non-hydrogen) atoms. The monoisotopic (exact) mass is 226 g/mol. The maximum absolute atomic E-state index is 9.34. The topological polar surface area (TPSA) is 57.4 Å². The molecular formula is C12H22N2O2. The number of aromatic nitrogens is 1. The highest BCUT2D eigenvalue weighted by Crippen LogP contribution is 2.21. The Bertz CT molecular complexity index is 310. The van der Waals surface area contributed by atoms with Crippen molar-refractivity contribution in [2.24, 2.45) is 5.92 Å². The molecule has 2 atom stereocenters. The first-order valence-corrected chi connectivity index (χ1v) is 5.70. The molecule has 0 fully saturated rings. The van der Waals surface area contributed by atoms with E-state index in [9.17, 15) is 5.11 Å². The van der Waals surface area contributed by atoms with E-state index in [1.807, 2.05) is 30.1 Å². The number of nitrogens with zero attached hydrogens (tertiary/aromatic N) is 1. The molecule has 1 aromatic rings. The summed E-state index contributed by atoms with van der Waals surface area (Å²) >= 11 is 0. The highest BCUT2D eigenvalue weighted by molar-refractivity contribution is 5.16. The van der Waals surface area contributed by atoms with Crippen molar-refractivity contribution in [2.45, 2.75) is 32.5 Å². The molecule has 0 aliphatic rings. The molecule has 92 valence electrons. The lowest BCUT2D eigenvalue weighted by atomic mass is 9.99. The van der Waals surface area contributed by atoms with Gasteiger partial charge in [-0.3, -0.25) is 0 Å². The van der Waals surface area contributed by atoms with Gasteiger partial charge in [-0.1, -0.05) is 13.8 Å². The molecule has 0 saturated heterocycles. The van der Waals surface area contributed by atoms with Crippen LogP contribution in [0.1, 0.15) is 25.5 Å². The lowest BCUT2D eigenvalue weighted by Gasteiger charge is -2.19. The van der Waals surface area contributed by atoms with Crippen LogP contribution in [0.15, 0.2) is 18.5 Å². The zero-order valence-corrected chi connectivity index (χ0v) is 10.2. The molecule has 0 aromatic carbocycles. The van der Waals surface area contributed by atoms with E-state index in [0.717, 1.165) is 0 Å². The van der Waals surface area contributed by atoms with Crippen molar-refractivity contribution in [3.63, 3.8) is 0 Å². The Hall–Kier alpha value is -0.840. The smallest absolute Gasteiger partial charge is 0.0949 e. The van der Waals surface area contributed by atoms with Gasteiger partial charge in [0.1, 0.15) is 0 Å². The standard InChI is InChI=1S/C12H22N2O2/c1-9(2)12(13-3)10-4-5-14(6-10)7-11(16)8-15/h4-6,9,11-13,15-16H,7-8H2,1-3H3. The molecule has 1 aromatic heterocycles. The van der Waals surface area contributed by atoms with E-state index in [-0.39, 0.29) is 6.61 Å². The van der Waals surface area contributed by atoms with Crippen LogP contribution in [0.5, 0.6) is 0 Å². The molecule has 4 nitrogen and oxygen atoms in total. The van der Waals surface area contributed by atoms with E-state index >= 15 is 0 Å². The highest BCUT2D eigenvalue weighted by Gasteiger charge is 2.14. The van der Waals surface area contributed by atoms with Crippen molar-refractivity contribution in [1.82, 2.24) is 9.88 Å². The molecule has 1 rings (SSSR count). The highest BCUT2D eigenvalue weighted by atomic mass is 16.3. The fraction of sp³-hybridized carbons (Fsp3) is 0.667. The van der Waals surface area contributed by atoms with Crippen LogP contribution in [0.25, 0.3) is 0 Å². The second kappa shape index (κ2) is 6.03. The number of rotatable bonds is 6. The molecule has 2 unspecified atom stereocenters. The molecule has 0 aliphatic carbocycles. The van der Waals surface area contributed by atoms with E-state index in [4.69, 9.17) is 5.11 Å². The summed E-state index contributed by atoms with van der Waals surface area (Å²) in [5, 5.41) is 21.4. The van der Waals surface area contributed by atoms with Crippen LogP contribution in [0.3, 0.4) is 0 Å². The maximum Gasteiger partial charge on any atom is 0.0949 e. The van der Waals surface area contributed by atoms with Gasteiger partial charge in [0.25, 0.3) is 0 Å². The maximum atomic E-state index is 9.34. The fourth-order valence-electron chi connectivity index (χ4n) is 1.94. The van der Waals surface area contributed by atoms with Gasteiger partial charge in [0.2, 0.25) is 0 Å². The molecule has 0 radical (unpaired) electrons. The van der Waals surface area contributed by atoms with Crippen molar-refractivity contribution < 1.29 is 10.2 Å². The van der Waals surface area contributed by atoms with Crippen molar-refractivity contribution >= 4 is 0 Å². The fourth-order valence-corrected chi connectivity index (χ4v) is 1.94. The lowest BCUT2D eigenvalue weighted by Crippen LogP contribution is -2.21. The number of aliphatic hydroxyl groups excluding tert-OH is 2. The second-order valence-electron chi connectivity index (χ2n) is 4.49. The Balaban J connectivity index is 2.69. The van der Waals surface area contributed by atoms with Crippen molar-refractivity contribution in [1.29, 1.82) is 0 Å². The van der Waals surface area contributed by atoms with Crippen LogP contribution in [0, 0.1) is 5.92 Å². The SMILES string of the molecule is CNC(c1ccn(CC(O)CO)c1)C(C)C. The van der Waals surface area contributed by atoms with Crippen LogP contribution in [-0.2, 0) is 6.54 Å². The number of hydrogen-bond donors (Lipinski definition) is 3. The average Bonchev–Trinajstić information content (AvgIpc) is 2.66. The predicted octanol–water partition coefficient (Wildman–Crippen LogP) is 0.758. The largest absolute Gasteiger partial charge is 0.394 e. The average molecular weight is 226 g/mol. The number of hydrogen-bond acceptors (Lipinski definition) is 3. The Kier molecular flexibility index (Phi) is 4.99. The third-order valence-corrected chi connectivity index (χ3v) is 2.74. The van der Waals surface area contributed by atoms with Gasteiger partial charge in [-0.2, -0.15) is 0 Å². The summed E-state index contributed by atoms with van der Waals surface area (Å²) in [6, 6.07) is 2.37. The van der Waals surface area contributed by atoms with Gasteiger partial charge in [0.15, 0.2) is 0 Å². The molecule has 4 heteroatoms. The van der Waals surface area contributed by atoms with Gasteiger partial charge < -0.3 is 20.1 Å². The van der Waals surface area contributed by atoms with Crippen LogP contribution in [-0.4, -0.2) is 34.5 Å². The van der Waals surface area contributed by atoms with E-state index in [1.165, 1.54) is 5.56 Å². The minimum atomic E-state index is -0.688. The lowest BCUT2D eigenvalue weighted by molar-refractivity contribution is 0.0812. The minimum Gasteiger partial charge on any atom is -0.394 e. The van der Waals surface area contributed by atoms with Crippen LogP contribution in [0.4, 0.5) is 0 Å². The predicted molar refractivity (Wildman–Crippen MR) is 64.2 cm³/mol. The van der Waals surface area contributed by atoms with Gasteiger partial charge in [0, 0.05) is 18.4 Å². The number of nitrogens with one attached hydrogen (secondary N) is 1. The second-order valence-corrected chi connectivity index (χ2v) is 4.49. The van der Waals surface area contributed by atoms with E-state index in [0.29, 0.717) is 18.5 Å². The first kappa shape index (κ1) is 13.2. The molecule has 0 bridgehead atoms. The summed E-state index contributed by atoms with van der Waals surface area (Å²) in [5.74, 6) is 0.517. The van der Waals surface area contributed by atoms with Crippen molar-refractivity contribution in [3.8, 4) is 0 Å². The first-order valence-electron chi connectivity index (χ1n) is 5.70. The van der Waals surface area contributed by atoms with Crippen LogP contribution >= 0.6 is 0 Å². The summed E-state index contributed by atoms with van der Waals surface area (Å²) < 4.78 is 1.91. The summed E-state index contributed by atoms with van der Waals surface area (Å²) in [5.41, 5.74) is 1.21. The van der Waals surface area contributed by atoms with Gasteiger partial charge in [-0.25, -0.2) is 0 Å². The molecule has 0 spiro atoms. The minimum absolute atomic E-state index is 0.201. The molecule has 0 amide bonds. The Morgan fingerprint density at radius 3 is 2.62 bits per heavy atom. The van der Waals surface area contributed by atoms with E-state index in [1.54, 1.807) is 0 Å². The van der Waals surface area contributed by atoms with E-state index in [2.05, 4.69) is 19.2 Å². The Morgan fingerprint density at radius 1 is 1.44 bits per heavy atom. The third kappa shape index (κ3) is 3.33. The van der Waals surface area contributed by atoms with Gasteiger partial charge in [0.05, 0.1) is 19.3 Å². The van der Waals surface area contributed by atoms with Crippen molar-refractivity contribution in [3.05, 3.63) is 24.0 Å². The molecular weight excluding hydrogens is 204 g/mol. The van der Waals surface area contributed by atoms with Crippen LogP contribution < -0.4 is 5.32 Å². The third-order valence-electron chi connectivity index (χ3n) is 2.74.